The summed E-state index contributed by atoms with van der Waals surface area (Å²) in [4.78, 5) is 40.0. The number of carbonyl (C=O) groups is 2. The molecular formula is C20H22N4O4S2. The third-order valence-corrected chi connectivity index (χ3v) is 6.87. The second kappa shape index (κ2) is 8.62. The number of carbonyl (C=O) groups excluding carboxylic acids is 1. The predicted octanol–water partition coefficient (Wildman–Crippen LogP) is 2.09. The van der Waals surface area contributed by atoms with Gasteiger partial charge >= 0.3 is 5.97 Å². The average molecular weight is 447 g/mol. The van der Waals surface area contributed by atoms with Gasteiger partial charge in [0.1, 0.15) is 28.3 Å². The minimum Gasteiger partial charge on any atom is -0.480 e. The first kappa shape index (κ1) is 22.1. The highest BCUT2D eigenvalue weighted by atomic mass is 32.2. The van der Waals surface area contributed by atoms with Gasteiger partial charge in [0.25, 0.3) is 11.5 Å². The number of hydrogen-bond acceptors (Lipinski definition) is 7. The number of nitrogens with zero attached hydrogens (tertiary/aromatic N) is 4. The van der Waals surface area contributed by atoms with Gasteiger partial charge < -0.3 is 10.0 Å². The third-order valence-electron chi connectivity index (χ3n) is 5.49. The van der Waals surface area contributed by atoms with E-state index in [1.807, 2.05) is 6.07 Å². The molecule has 0 spiro atoms. The zero-order valence-corrected chi connectivity index (χ0v) is 18.6. The number of anilines is 1. The molecule has 2 saturated heterocycles. The Bertz CT molecular complexity index is 1060. The van der Waals surface area contributed by atoms with Crippen molar-refractivity contribution in [1.29, 1.82) is 5.26 Å². The molecule has 1 aromatic heterocycles. The maximum Gasteiger partial charge on any atom is 0.323 e. The summed E-state index contributed by atoms with van der Waals surface area (Å²) >= 11 is 6.20. The standard InChI is InChI=1S/C20H22N4O4S2/c1-11-4-6-23(7-5-11)17-13(12(2)14(9-21)18(27)22(17)3)8-15-19(28)24(10-16(25)26)20(29)30-15/h8,11H,4-7,10H2,1-3H3,(H,25,26)/b15-8+. The number of hydrogen-bond donors (Lipinski definition) is 1. The van der Waals surface area contributed by atoms with Crippen LogP contribution >= 0.6 is 24.0 Å². The van der Waals surface area contributed by atoms with Crippen LogP contribution in [0.3, 0.4) is 0 Å². The number of carboxylic acids is 1. The van der Waals surface area contributed by atoms with Gasteiger partial charge in [0.05, 0.1) is 4.91 Å². The van der Waals surface area contributed by atoms with Crippen molar-refractivity contribution in [2.75, 3.05) is 24.5 Å². The van der Waals surface area contributed by atoms with E-state index >= 15 is 0 Å². The first-order valence-corrected chi connectivity index (χ1v) is 10.7. The topological polar surface area (TPSA) is 107 Å². The monoisotopic (exact) mass is 446 g/mol. The first-order chi connectivity index (χ1) is 14.1. The fourth-order valence-electron chi connectivity index (χ4n) is 3.72. The summed E-state index contributed by atoms with van der Waals surface area (Å²) in [5.41, 5.74) is 0.759. The van der Waals surface area contributed by atoms with Gasteiger partial charge in [-0.1, -0.05) is 30.9 Å². The van der Waals surface area contributed by atoms with E-state index in [0.29, 0.717) is 22.9 Å². The van der Waals surface area contributed by atoms with Gasteiger partial charge in [0.2, 0.25) is 0 Å². The van der Waals surface area contributed by atoms with Crippen molar-refractivity contribution in [3.05, 3.63) is 31.9 Å². The fourth-order valence-corrected chi connectivity index (χ4v) is 4.95. The molecule has 0 aromatic carbocycles. The van der Waals surface area contributed by atoms with E-state index in [1.165, 1.54) is 4.57 Å². The van der Waals surface area contributed by atoms with Crippen molar-refractivity contribution in [2.24, 2.45) is 13.0 Å². The Hall–Kier alpha value is -2.64. The Kier molecular flexibility index (Phi) is 6.33. The summed E-state index contributed by atoms with van der Waals surface area (Å²) in [5, 5.41) is 18.6. The maximum absolute atomic E-state index is 12.8. The molecule has 3 rings (SSSR count). The number of aliphatic carboxylic acids is 1. The number of piperidine rings is 1. The number of pyridine rings is 1. The van der Waals surface area contributed by atoms with E-state index in [-0.39, 0.29) is 20.3 Å². The van der Waals surface area contributed by atoms with Gasteiger partial charge in [0.15, 0.2) is 0 Å². The van der Waals surface area contributed by atoms with E-state index < -0.39 is 18.4 Å². The molecule has 2 aliphatic rings. The molecule has 30 heavy (non-hydrogen) atoms. The number of thioether (sulfide) groups is 1. The van der Waals surface area contributed by atoms with Crippen LogP contribution in [0.5, 0.6) is 0 Å². The van der Waals surface area contributed by atoms with Crippen LogP contribution in [0.2, 0.25) is 0 Å². The molecule has 8 nitrogen and oxygen atoms in total. The number of aromatic nitrogens is 1. The number of amides is 1. The van der Waals surface area contributed by atoms with Crippen LogP contribution in [-0.4, -0.2) is 50.4 Å². The van der Waals surface area contributed by atoms with Crippen molar-refractivity contribution in [2.45, 2.75) is 26.7 Å². The zero-order chi connectivity index (χ0) is 22.2. The number of carboxylic acid groups (broad SMARTS) is 1. The van der Waals surface area contributed by atoms with Crippen molar-refractivity contribution in [3.63, 3.8) is 0 Å². The first-order valence-electron chi connectivity index (χ1n) is 9.51. The average Bonchev–Trinajstić information content (AvgIpc) is 2.95. The van der Waals surface area contributed by atoms with Crippen LogP contribution in [0, 0.1) is 24.2 Å². The molecular weight excluding hydrogens is 424 g/mol. The number of nitriles is 1. The Labute approximate surface area is 183 Å². The summed E-state index contributed by atoms with van der Waals surface area (Å²) in [6.07, 6.45) is 3.59. The molecule has 2 fully saturated rings. The van der Waals surface area contributed by atoms with Gasteiger partial charge in [-0.25, -0.2) is 0 Å². The quantitative estimate of drug-likeness (QED) is 0.554. The highest BCUT2D eigenvalue weighted by Gasteiger charge is 2.34. The van der Waals surface area contributed by atoms with E-state index in [2.05, 4.69) is 11.8 Å². The van der Waals surface area contributed by atoms with Gasteiger partial charge in [-0.15, -0.1) is 0 Å². The Morgan fingerprint density at radius 3 is 2.57 bits per heavy atom. The lowest BCUT2D eigenvalue weighted by Crippen LogP contribution is -2.38. The van der Waals surface area contributed by atoms with Crippen LogP contribution in [0.4, 0.5) is 5.82 Å². The van der Waals surface area contributed by atoms with Gasteiger partial charge in [0, 0.05) is 25.7 Å². The predicted molar refractivity (Wildman–Crippen MR) is 119 cm³/mol. The van der Waals surface area contributed by atoms with E-state index in [1.54, 1.807) is 20.0 Å². The summed E-state index contributed by atoms with van der Waals surface area (Å²) in [6.45, 7) is 4.91. The minimum absolute atomic E-state index is 0.0268. The summed E-state index contributed by atoms with van der Waals surface area (Å²) in [6, 6.07) is 1.97. The van der Waals surface area contributed by atoms with Crippen molar-refractivity contribution in [3.8, 4) is 6.07 Å². The molecule has 0 radical (unpaired) electrons. The molecule has 0 saturated carbocycles. The SMILES string of the molecule is Cc1c(/C=C2/SC(=S)N(CC(=O)O)C2=O)c(N2CCC(C)CC2)n(C)c(=O)c1C#N. The lowest BCUT2D eigenvalue weighted by Gasteiger charge is -2.34. The second-order valence-corrected chi connectivity index (χ2v) is 9.22. The molecule has 10 heteroatoms. The molecule has 0 unspecified atom stereocenters. The molecule has 2 aliphatic heterocycles. The number of rotatable bonds is 4. The molecule has 1 aromatic rings. The van der Waals surface area contributed by atoms with Crippen LogP contribution in [0.15, 0.2) is 9.70 Å². The van der Waals surface area contributed by atoms with E-state index in [9.17, 15) is 19.6 Å². The summed E-state index contributed by atoms with van der Waals surface area (Å²) in [5.74, 6) is -0.390. The molecule has 1 amide bonds. The van der Waals surface area contributed by atoms with Crippen LogP contribution in [-0.2, 0) is 16.6 Å². The van der Waals surface area contributed by atoms with Crippen molar-refractivity contribution < 1.29 is 14.7 Å². The van der Waals surface area contributed by atoms with Crippen LogP contribution in [0.25, 0.3) is 6.08 Å². The minimum atomic E-state index is -1.15. The van der Waals surface area contributed by atoms with Crippen molar-refractivity contribution in [1.82, 2.24) is 9.47 Å². The maximum atomic E-state index is 12.8. The molecule has 0 atom stereocenters. The lowest BCUT2D eigenvalue weighted by atomic mass is 9.97. The van der Waals surface area contributed by atoms with Crippen LogP contribution in [0.1, 0.15) is 36.5 Å². The smallest absolute Gasteiger partial charge is 0.323 e. The summed E-state index contributed by atoms with van der Waals surface area (Å²) < 4.78 is 1.63. The second-order valence-electron chi connectivity index (χ2n) is 7.54. The zero-order valence-electron chi connectivity index (χ0n) is 17.0. The van der Waals surface area contributed by atoms with Gasteiger partial charge in [-0.2, -0.15) is 5.26 Å². The highest BCUT2D eigenvalue weighted by molar-refractivity contribution is 8.26. The normalized spacial score (nSPS) is 18.9. The highest BCUT2D eigenvalue weighted by Crippen LogP contribution is 2.36. The fraction of sp³-hybridized carbons (Fsp3) is 0.450. The Morgan fingerprint density at radius 1 is 1.37 bits per heavy atom. The molecule has 0 bridgehead atoms. The molecule has 1 N–H and O–H groups in total. The lowest BCUT2D eigenvalue weighted by molar-refractivity contribution is -0.140. The van der Waals surface area contributed by atoms with Gasteiger partial charge in [-0.05, 0) is 37.3 Å². The number of thiocarbonyl (C=S) groups is 1. The molecule has 0 aliphatic carbocycles. The van der Waals surface area contributed by atoms with Crippen molar-refractivity contribution >= 4 is 52.1 Å². The molecule has 158 valence electrons. The largest absolute Gasteiger partial charge is 0.480 e. The van der Waals surface area contributed by atoms with E-state index in [0.717, 1.165) is 42.6 Å². The third kappa shape index (κ3) is 4.00. The summed E-state index contributed by atoms with van der Waals surface area (Å²) in [7, 11) is 1.63. The Morgan fingerprint density at radius 2 is 2.00 bits per heavy atom. The Balaban J connectivity index is 2.15. The van der Waals surface area contributed by atoms with Gasteiger partial charge in [-0.3, -0.25) is 23.9 Å². The van der Waals surface area contributed by atoms with E-state index in [4.69, 9.17) is 17.3 Å². The van der Waals surface area contributed by atoms with Crippen LogP contribution < -0.4 is 10.5 Å². The molecule has 3 heterocycles.